The molecule has 1 aliphatic carbocycles. The van der Waals surface area contributed by atoms with Gasteiger partial charge in [-0.15, -0.1) is 0 Å². The molecule has 1 aliphatic rings. The molecule has 0 spiro atoms. The molecule has 0 bridgehead atoms. The fourth-order valence-electron chi connectivity index (χ4n) is 2.30. The molecular weight excluding hydrogens is 332 g/mol. The molecule has 4 N–H and O–H groups in total. The molecule has 7 heteroatoms. The van der Waals surface area contributed by atoms with E-state index in [0.29, 0.717) is 37.4 Å². The second kappa shape index (κ2) is 11.4. The molecule has 1 fully saturated rings. The first-order valence-electron chi connectivity index (χ1n) is 9.30. The van der Waals surface area contributed by atoms with E-state index in [1.807, 2.05) is 31.2 Å². The Kier molecular flexibility index (Phi) is 8.75. The third kappa shape index (κ3) is 8.71. The molecule has 1 saturated carbocycles. The third-order valence-electron chi connectivity index (χ3n) is 3.89. The van der Waals surface area contributed by atoms with Crippen LogP contribution in [0.4, 0.5) is 0 Å². The van der Waals surface area contributed by atoms with Crippen molar-refractivity contribution in [2.24, 2.45) is 10.7 Å². The molecule has 0 heterocycles. The summed E-state index contributed by atoms with van der Waals surface area (Å²) in [5, 5.41) is 6.00. The highest BCUT2D eigenvalue weighted by atomic mass is 16.5. The van der Waals surface area contributed by atoms with Crippen molar-refractivity contribution in [1.82, 2.24) is 10.6 Å². The Morgan fingerprint density at radius 3 is 2.77 bits per heavy atom. The van der Waals surface area contributed by atoms with Crippen LogP contribution in [0.3, 0.4) is 0 Å². The first-order valence-corrected chi connectivity index (χ1v) is 9.30. The van der Waals surface area contributed by atoms with E-state index < -0.39 is 0 Å². The van der Waals surface area contributed by atoms with E-state index >= 15 is 0 Å². The van der Waals surface area contributed by atoms with Gasteiger partial charge in [-0.2, -0.15) is 0 Å². The number of carbonyl (C=O) groups is 1. The second-order valence-corrected chi connectivity index (χ2v) is 6.27. The van der Waals surface area contributed by atoms with Crippen LogP contribution >= 0.6 is 0 Å². The summed E-state index contributed by atoms with van der Waals surface area (Å²) in [6, 6.07) is 8.10. The lowest BCUT2D eigenvalue weighted by Gasteiger charge is -2.08. The van der Waals surface area contributed by atoms with Crippen LogP contribution in [-0.2, 0) is 16.0 Å². The van der Waals surface area contributed by atoms with Gasteiger partial charge in [-0.05, 0) is 50.3 Å². The zero-order chi connectivity index (χ0) is 18.6. The van der Waals surface area contributed by atoms with Gasteiger partial charge in [-0.1, -0.05) is 12.1 Å². The summed E-state index contributed by atoms with van der Waals surface area (Å²) in [5.74, 6) is 1.10. The van der Waals surface area contributed by atoms with Crippen molar-refractivity contribution < 1.29 is 14.3 Å². The Bertz CT molecular complexity index is 571. The third-order valence-corrected chi connectivity index (χ3v) is 3.89. The van der Waals surface area contributed by atoms with Gasteiger partial charge in [-0.3, -0.25) is 9.79 Å². The summed E-state index contributed by atoms with van der Waals surface area (Å²) in [7, 11) is 0. The molecule has 0 saturated heterocycles. The van der Waals surface area contributed by atoms with Crippen molar-refractivity contribution in [2.75, 3.05) is 32.9 Å². The maximum absolute atomic E-state index is 11.6. The lowest BCUT2D eigenvalue weighted by atomic mass is 10.1. The number of benzene rings is 1. The Morgan fingerprint density at radius 1 is 1.31 bits per heavy atom. The summed E-state index contributed by atoms with van der Waals surface area (Å²) in [4.78, 5) is 15.8. The number of amides is 1. The van der Waals surface area contributed by atoms with E-state index in [4.69, 9.17) is 15.2 Å². The van der Waals surface area contributed by atoms with Crippen LogP contribution in [0.2, 0.25) is 0 Å². The van der Waals surface area contributed by atoms with Crippen molar-refractivity contribution >= 4 is 11.9 Å². The second-order valence-electron chi connectivity index (χ2n) is 6.27. The summed E-state index contributed by atoms with van der Waals surface area (Å²) in [6.07, 6.45) is 3.86. The van der Waals surface area contributed by atoms with Gasteiger partial charge in [0.05, 0.1) is 0 Å². The summed E-state index contributed by atoms with van der Waals surface area (Å²) in [5.41, 5.74) is 6.99. The van der Waals surface area contributed by atoms with Crippen LogP contribution in [0.15, 0.2) is 29.3 Å². The van der Waals surface area contributed by atoms with Crippen molar-refractivity contribution in [1.29, 1.82) is 0 Å². The quantitative estimate of drug-likeness (QED) is 0.295. The lowest BCUT2D eigenvalue weighted by molar-refractivity contribution is -0.123. The predicted octanol–water partition coefficient (Wildman–Crippen LogP) is 1.22. The molecule has 144 valence electrons. The van der Waals surface area contributed by atoms with Crippen LogP contribution in [-0.4, -0.2) is 50.8 Å². The van der Waals surface area contributed by atoms with Gasteiger partial charge in [0.2, 0.25) is 0 Å². The number of carbonyl (C=O) groups excluding carboxylic acids is 1. The molecule has 0 unspecified atom stereocenters. The minimum atomic E-state index is -0.0585. The molecule has 0 radical (unpaired) electrons. The Balaban J connectivity index is 1.59. The zero-order valence-electron chi connectivity index (χ0n) is 15.5. The van der Waals surface area contributed by atoms with Crippen LogP contribution in [0.5, 0.6) is 5.75 Å². The number of ether oxygens (including phenoxy) is 2. The normalized spacial score (nSPS) is 14.1. The van der Waals surface area contributed by atoms with Crippen LogP contribution in [0.25, 0.3) is 0 Å². The SMILES string of the molecule is CCOCCCN=C(N)NCCc1ccc(OCC(=O)NC2CC2)cc1. The molecular formula is C19H30N4O3. The van der Waals surface area contributed by atoms with Crippen molar-refractivity contribution in [3.63, 3.8) is 0 Å². The minimum absolute atomic E-state index is 0.0585. The molecule has 0 aliphatic heterocycles. The number of aliphatic imine (C=N–C) groups is 1. The number of nitrogens with two attached hydrogens (primary N) is 1. The van der Waals surface area contributed by atoms with Gasteiger partial charge >= 0.3 is 0 Å². The van der Waals surface area contributed by atoms with Gasteiger partial charge in [0.25, 0.3) is 5.91 Å². The number of rotatable bonds is 12. The van der Waals surface area contributed by atoms with Crippen molar-refractivity contribution in [2.45, 2.75) is 38.6 Å². The molecule has 26 heavy (non-hydrogen) atoms. The van der Waals surface area contributed by atoms with Gasteiger partial charge in [0, 0.05) is 32.3 Å². The number of hydrogen-bond donors (Lipinski definition) is 3. The average Bonchev–Trinajstić information content (AvgIpc) is 3.45. The maximum Gasteiger partial charge on any atom is 0.258 e. The fourth-order valence-corrected chi connectivity index (χ4v) is 2.30. The summed E-state index contributed by atoms with van der Waals surface area (Å²) in [6.45, 7) is 4.86. The topological polar surface area (TPSA) is 98.0 Å². The van der Waals surface area contributed by atoms with Gasteiger partial charge in [0.1, 0.15) is 5.75 Å². The van der Waals surface area contributed by atoms with Gasteiger partial charge in [-0.25, -0.2) is 0 Å². The maximum atomic E-state index is 11.6. The standard InChI is InChI=1S/C19H30N4O3/c1-2-25-13-3-11-21-19(20)22-12-10-15-4-8-17(9-5-15)26-14-18(24)23-16-6-7-16/h4-5,8-9,16H,2-3,6-7,10-14H2,1H3,(H,23,24)(H3,20,21,22). The van der Waals surface area contributed by atoms with Gasteiger partial charge < -0.3 is 25.8 Å². The van der Waals surface area contributed by atoms with Gasteiger partial charge in [0.15, 0.2) is 12.6 Å². The summed E-state index contributed by atoms with van der Waals surface area (Å²) < 4.78 is 10.7. The zero-order valence-corrected chi connectivity index (χ0v) is 15.5. The Hall–Kier alpha value is -2.28. The van der Waals surface area contributed by atoms with E-state index in [9.17, 15) is 4.79 Å². The largest absolute Gasteiger partial charge is 0.484 e. The molecule has 1 aromatic rings. The highest BCUT2D eigenvalue weighted by molar-refractivity contribution is 5.78. The Morgan fingerprint density at radius 2 is 2.08 bits per heavy atom. The van der Waals surface area contributed by atoms with E-state index in [1.165, 1.54) is 0 Å². The number of nitrogens with one attached hydrogen (secondary N) is 2. The molecule has 0 atom stereocenters. The molecule has 1 aromatic carbocycles. The molecule has 0 aromatic heterocycles. The van der Waals surface area contributed by atoms with E-state index in [1.54, 1.807) is 0 Å². The Labute approximate surface area is 155 Å². The monoisotopic (exact) mass is 362 g/mol. The van der Waals surface area contributed by atoms with Crippen LogP contribution in [0, 0.1) is 0 Å². The number of hydrogen-bond acceptors (Lipinski definition) is 4. The molecule has 7 nitrogen and oxygen atoms in total. The van der Waals surface area contributed by atoms with Crippen LogP contribution in [0.1, 0.15) is 31.7 Å². The summed E-state index contributed by atoms with van der Waals surface area (Å²) >= 11 is 0. The lowest BCUT2D eigenvalue weighted by Crippen LogP contribution is -2.33. The van der Waals surface area contributed by atoms with Crippen molar-refractivity contribution in [3.8, 4) is 5.75 Å². The first kappa shape index (κ1) is 20.0. The highest BCUT2D eigenvalue weighted by Crippen LogP contribution is 2.18. The van der Waals surface area contributed by atoms with E-state index in [0.717, 1.165) is 37.9 Å². The average molecular weight is 362 g/mol. The predicted molar refractivity (Wildman–Crippen MR) is 102 cm³/mol. The van der Waals surface area contributed by atoms with E-state index in [2.05, 4.69) is 15.6 Å². The van der Waals surface area contributed by atoms with Crippen molar-refractivity contribution in [3.05, 3.63) is 29.8 Å². The molecule has 1 amide bonds. The highest BCUT2D eigenvalue weighted by Gasteiger charge is 2.23. The smallest absolute Gasteiger partial charge is 0.258 e. The van der Waals surface area contributed by atoms with E-state index in [-0.39, 0.29) is 12.5 Å². The molecule has 2 rings (SSSR count). The number of nitrogens with zero attached hydrogens (tertiary/aromatic N) is 1. The number of guanidine groups is 1. The minimum Gasteiger partial charge on any atom is -0.484 e. The first-order chi connectivity index (χ1) is 12.7. The fraction of sp³-hybridized carbons (Fsp3) is 0.579. The van der Waals surface area contributed by atoms with Crippen LogP contribution < -0.4 is 21.1 Å².